The molecular weight excluding hydrogens is 488 g/mol. The number of rotatable bonds is 4. The van der Waals surface area contributed by atoms with Crippen LogP contribution in [0.2, 0.25) is 0 Å². The number of aliphatic hydroxyl groups excluding tert-OH is 2. The number of amides is 3. The molecule has 0 radical (unpaired) electrons. The third-order valence-electron chi connectivity index (χ3n) is 7.43. The molecule has 1 aliphatic heterocycles. The Morgan fingerprint density at radius 1 is 1.05 bits per heavy atom. The SMILES string of the molecule is O=C(N/N=C1\C[C@@H](O)[C@@H](O)[C@@H]2[C@@H]3C(=O)N(c4ccc(F)cc4F)C(=O)[C@@H]3CC[C@@H]12)OCc1ccccc1. The summed E-state index contributed by atoms with van der Waals surface area (Å²) in [5.41, 5.74) is 3.10. The lowest BCUT2D eigenvalue weighted by Crippen LogP contribution is -2.55. The number of nitrogens with one attached hydrogen (secondary N) is 1. The lowest BCUT2D eigenvalue weighted by molar-refractivity contribution is -0.132. The lowest BCUT2D eigenvalue weighted by atomic mass is 9.60. The van der Waals surface area contributed by atoms with Crippen LogP contribution in [0.5, 0.6) is 0 Å². The number of hydrogen-bond acceptors (Lipinski definition) is 7. The van der Waals surface area contributed by atoms with Crippen molar-refractivity contribution in [3.05, 3.63) is 65.7 Å². The number of anilines is 1. The minimum atomic E-state index is -1.34. The smallest absolute Gasteiger partial charge is 0.428 e. The van der Waals surface area contributed by atoms with Crippen LogP contribution in [0.3, 0.4) is 0 Å². The number of ether oxygens (including phenoxy) is 1. The predicted octanol–water partition coefficient (Wildman–Crippen LogP) is 2.50. The van der Waals surface area contributed by atoms with Gasteiger partial charge >= 0.3 is 6.09 Å². The van der Waals surface area contributed by atoms with Crippen molar-refractivity contribution in [3.8, 4) is 0 Å². The number of benzene rings is 2. The average molecular weight is 513 g/mol. The van der Waals surface area contributed by atoms with Gasteiger partial charge in [-0.25, -0.2) is 23.9 Å². The summed E-state index contributed by atoms with van der Waals surface area (Å²) in [4.78, 5) is 39.4. The Morgan fingerprint density at radius 2 is 1.78 bits per heavy atom. The normalized spacial score (nSPS) is 30.2. The van der Waals surface area contributed by atoms with E-state index in [4.69, 9.17) is 4.74 Å². The highest BCUT2D eigenvalue weighted by Crippen LogP contribution is 2.50. The Morgan fingerprint density at radius 3 is 2.51 bits per heavy atom. The third kappa shape index (κ3) is 4.60. The van der Waals surface area contributed by atoms with E-state index in [1.54, 1.807) is 12.1 Å². The fraction of sp³-hybridized carbons (Fsp3) is 0.385. The molecule has 0 bridgehead atoms. The van der Waals surface area contributed by atoms with Gasteiger partial charge in [0.15, 0.2) is 0 Å². The van der Waals surface area contributed by atoms with Crippen LogP contribution in [-0.4, -0.2) is 46.0 Å². The van der Waals surface area contributed by atoms with Gasteiger partial charge in [-0.1, -0.05) is 30.3 Å². The maximum Gasteiger partial charge on any atom is 0.428 e. The monoisotopic (exact) mass is 513 g/mol. The van der Waals surface area contributed by atoms with Gasteiger partial charge in [-0.15, -0.1) is 0 Å². The van der Waals surface area contributed by atoms with Crippen molar-refractivity contribution >= 4 is 29.3 Å². The summed E-state index contributed by atoms with van der Waals surface area (Å²) in [6, 6.07) is 11.6. The summed E-state index contributed by atoms with van der Waals surface area (Å²) in [5.74, 6) is -6.51. The Bertz CT molecular complexity index is 1260. The van der Waals surface area contributed by atoms with E-state index < -0.39 is 65.4 Å². The third-order valence-corrected chi connectivity index (χ3v) is 7.43. The van der Waals surface area contributed by atoms with Crippen molar-refractivity contribution < 1.29 is 38.1 Å². The summed E-state index contributed by atoms with van der Waals surface area (Å²) in [6.45, 7) is 0.0288. The van der Waals surface area contributed by atoms with Gasteiger partial charge in [0.25, 0.3) is 0 Å². The van der Waals surface area contributed by atoms with Crippen molar-refractivity contribution in [1.29, 1.82) is 0 Å². The molecule has 9 nitrogen and oxygen atoms in total. The Kier molecular flexibility index (Phi) is 6.74. The second-order valence-corrected chi connectivity index (χ2v) is 9.54. The highest BCUT2D eigenvalue weighted by Gasteiger charge is 2.60. The number of carbonyl (C=O) groups is 3. The quantitative estimate of drug-likeness (QED) is 0.426. The molecule has 2 aromatic carbocycles. The topological polar surface area (TPSA) is 129 Å². The molecule has 1 heterocycles. The van der Waals surface area contributed by atoms with Crippen LogP contribution in [0.1, 0.15) is 24.8 Å². The Hall–Kier alpha value is -3.70. The van der Waals surface area contributed by atoms with Gasteiger partial charge in [-0.2, -0.15) is 5.10 Å². The number of fused-ring (bicyclic) bond motifs is 3. The number of hydrogen-bond donors (Lipinski definition) is 3. The van der Waals surface area contributed by atoms with Gasteiger partial charge in [0, 0.05) is 30.0 Å². The van der Waals surface area contributed by atoms with E-state index in [-0.39, 0.29) is 25.1 Å². The molecule has 2 aliphatic carbocycles. The first-order valence-electron chi connectivity index (χ1n) is 12.0. The molecule has 0 aromatic heterocycles. The largest absolute Gasteiger partial charge is 0.443 e. The van der Waals surface area contributed by atoms with Gasteiger partial charge in [0.1, 0.15) is 18.2 Å². The van der Waals surface area contributed by atoms with Gasteiger partial charge < -0.3 is 14.9 Å². The summed E-state index contributed by atoms with van der Waals surface area (Å²) in [5, 5.41) is 25.5. The lowest BCUT2D eigenvalue weighted by Gasteiger charge is -2.45. The van der Waals surface area contributed by atoms with E-state index in [1.807, 2.05) is 18.2 Å². The highest BCUT2D eigenvalue weighted by atomic mass is 19.1. The summed E-state index contributed by atoms with van der Waals surface area (Å²) in [7, 11) is 0. The van der Waals surface area contributed by atoms with Gasteiger partial charge in [-0.3, -0.25) is 9.59 Å². The van der Waals surface area contributed by atoms with E-state index in [2.05, 4.69) is 10.5 Å². The molecule has 5 rings (SSSR count). The molecular formula is C26H25F2N3O6. The first kappa shape index (κ1) is 25.0. The average Bonchev–Trinajstić information content (AvgIpc) is 3.14. The minimum Gasteiger partial charge on any atom is -0.443 e. The second kappa shape index (κ2) is 9.98. The molecule has 6 atom stereocenters. The summed E-state index contributed by atoms with van der Waals surface area (Å²) >= 11 is 0. The summed E-state index contributed by atoms with van der Waals surface area (Å²) < 4.78 is 33.0. The standard InChI is InChI=1S/C26H25F2N3O6/c27-14-6-9-19(17(28)10-14)31-24(34)16-8-7-15-18(11-20(32)23(33)21(15)22(16)25(31)35)29-30-26(36)37-12-13-4-2-1-3-5-13/h1-6,9-10,15-16,20-23,32-33H,7-8,11-12H2,(H,30,36)/b29-18+/t15-,16+,20+,21-,22+,23+/m0/s1. The highest BCUT2D eigenvalue weighted by molar-refractivity contribution is 6.22. The molecule has 11 heteroatoms. The zero-order valence-electron chi connectivity index (χ0n) is 19.6. The zero-order valence-corrected chi connectivity index (χ0v) is 19.6. The number of carbonyl (C=O) groups excluding carboxylic acids is 3. The van der Waals surface area contributed by atoms with E-state index in [0.29, 0.717) is 23.1 Å². The first-order chi connectivity index (χ1) is 17.8. The fourth-order valence-electron chi connectivity index (χ4n) is 5.77. The number of aliphatic hydroxyl groups is 2. The zero-order chi connectivity index (χ0) is 26.3. The Balaban J connectivity index is 1.35. The second-order valence-electron chi connectivity index (χ2n) is 9.54. The molecule has 2 saturated carbocycles. The van der Waals surface area contributed by atoms with Crippen LogP contribution in [0.15, 0.2) is 53.6 Å². The van der Waals surface area contributed by atoms with Crippen LogP contribution in [-0.2, 0) is 20.9 Å². The summed E-state index contributed by atoms with van der Waals surface area (Å²) in [6.07, 6.45) is -2.87. The van der Waals surface area contributed by atoms with Crippen LogP contribution in [0.25, 0.3) is 0 Å². The van der Waals surface area contributed by atoms with E-state index in [0.717, 1.165) is 17.7 Å². The molecule has 37 heavy (non-hydrogen) atoms. The first-order valence-corrected chi connectivity index (χ1v) is 12.0. The van der Waals surface area contributed by atoms with Crippen molar-refractivity contribution in [2.24, 2.45) is 28.8 Å². The van der Waals surface area contributed by atoms with Gasteiger partial charge in [-0.05, 0) is 30.5 Å². The molecule has 3 aliphatic rings. The van der Waals surface area contributed by atoms with Crippen LogP contribution >= 0.6 is 0 Å². The maximum absolute atomic E-state index is 14.5. The number of hydrazone groups is 1. The van der Waals surface area contributed by atoms with Crippen molar-refractivity contribution in [2.75, 3.05) is 4.90 Å². The molecule has 0 unspecified atom stereocenters. The molecule has 0 spiro atoms. The predicted molar refractivity (Wildman–Crippen MR) is 126 cm³/mol. The van der Waals surface area contributed by atoms with Crippen LogP contribution in [0.4, 0.5) is 19.3 Å². The number of nitrogens with zero attached hydrogens (tertiary/aromatic N) is 2. The van der Waals surface area contributed by atoms with E-state index >= 15 is 0 Å². The maximum atomic E-state index is 14.5. The van der Waals surface area contributed by atoms with E-state index in [1.165, 1.54) is 0 Å². The Labute approximate surface area is 210 Å². The molecule has 1 saturated heterocycles. The van der Waals surface area contributed by atoms with Crippen LogP contribution in [0, 0.1) is 35.3 Å². The number of imide groups is 1. The minimum absolute atomic E-state index is 0.0288. The number of halogens is 2. The van der Waals surface area contributed by atoms with Crippen molar-refractivity contribution in [1.82, 2.24) is 5.43 Å². The van der Waals surface area contributed by atoms with Crippen molar-refractivity contribution in [3.63, 3.8) is 0 Å². The van der Waals surface area contributed by atoms with Gasteiger partial charge in [0.05, 0.1) is 29.7 Å². The molecule has 3 fully saturated rings. The molecule has 2 aromatic rings. The van der Waals surface area contributed by atoms with Gasteiger partial charge in [0.2, 0.25) is 11.8 Å². The molecule has 3 amide bonds. The van der Waals surface area contributed by atoms with E-state index in [9.17, 15) is 33.4 Å². The molecule has 194 valence electrons. The fourth-order valence-corrected chi connectivity index (χ4v) is 5.77. The van der Waals surface area contributed by atoms with Crippen molar-refractivity contribution in [2.45, 2.75) is 38.1 Å². The van der Waals surface area contributed by atoms with Crippen LogP contribution < -0.4 is 10.3 Å². The molecule has 3 N–H and O–H groups in total.